The van der Waals surface area contributed by atoms with Crippen molar-refractivity contribution in [2.24, 2.45) is 0 Å². The monoisotopic (exact) mass is 253 g/mol. The number of carbonyl (C=O) groups is 1. The lowest BCUT2D eigenvalue weighted by molar-refractivity contribution is -0.0667. The fourth-order valence-corrected chi connectivity index (χ4v) is 2.27. The zero-order chi connectivity index (χ0) is 13.0. The van der Waals surface area contributed by atoms with Crippen molar-refractivity contribution in [2.75, 3.05) is 20.3 Å². The Morgan fingerprint density at radius 3 is 2.89 bits per heavy atom. The van der Waals surface area contributed by atoms with Gasteiger partial charge in [0.15, 0.2) is 0 Å². The van der Waals surface area contributed by atoms with Gasteiger partial charge in [-0.15, -0.1) is 5.10 Å². The van der Waals surface area contributed by atoms with Crippen molar-refractivity contribution in [3.05, 3.63) is 11.9 Å². The first kappa shape index (κ1) is 13.2. The smallest absolute Gasteiger partial charge is 0.214 e. The summed E-state index contributed by atoms with van der Waals surface area (Å²) in [5.41, 5.74) is -0.244. The summed E-state index contributed by atoms with van der Waals surface area (Å²) in [7, 11) is 1.58. The topological polar surface area (TPSA) is 66.2 Å². The maximum absolute atomic E-state index is 12.6. The number of hydrogen-bond donors (Lipinski definition) is 0. The molecular formula is C12H19N3O3. The summed E-state index contributed by atoms with van der Waals surface area (Å²) in [6.07, 6.45) is 3.60. The standard InChI is InChI=1S/C12H19N3O3/c1-3-6-15-10(9-13-14-15)11(16)12(17-2)4-7-18-8-5-12/h9H,3-8H2,1-2H3. The van der Waals surface area contributed by atoms with Crippen LogP contribution in [0.5, 0.6) is 0 Å². The lowest BCUT2D eigenvalue weighted by atomic mass is 9.88. The fourth-order valence-electron chi connectivity index (χ4n) is 2.27. The molecule has 6 nitrogen and oxygen atoms in total. The first-order valence-corrected chi connectivity index (χ1v) is 6.29. The summed E-state index contributed by atoms with van der Waals surface area (Å²) in [4.78, 5) is 12.6. The third-order valence-electron chi connectivity index (χ3n) is 3.39. The summed E-state index contributed by atoms with van der Waals surface area (Å²) in [6.45, 7) is 3.83. The number of aryl methyl sites for hydroxylation is 1. The minimum atomic E-state index is -0.772. The molecule has 0 N–H and O–H groups in total. The van der Waals surface area contributed by atoms with Gasteiger partial charge in [-0.25, -0.2) is 4.68 Å². The first-order valence-electron chi connectivity index (χ1n) is 6.29. The van der Waals surface area contributed by atoms with Gasteiger partial charge >= 0.3 is 0 Å². The second-order valence-electron chi connectivity index (χ2n) is 4.48. The third kappa shape index (κ3) is 2.30. The zero-order valence-corrected chi connectivity index (χ0v) is 10.9. The molecule has 0 atom stereocenters. The molecule has 1 aliphatic heterocycles. The maximum Gasteiger partial charge on any atom is 0.214 e. The minimum absolute atomic E-state index is 0.0354. The Bertz CT molecular complexity index is 410. The molecule has 2 rings (SSSR count). The van der Waals surface area contributed by atoms with Crippen molar-refractivity contribution < 1.29 is 14.3 Å². The van der Waals surface area contributed by atoms with Gasteiger partial charge in [0.2, 0.25) is 5.78 Å². The Hall–Kier alpha value is -1.27. The number of carbonyl (C=O) groups excluding carboxylic acids is 1. The largest absolute Gasteiger partial charge is 0.381 e. The Balaban J connectivity index is 2.25. The lowest BCUT2D eigenvalue weighted by Gasteiger charge is -2.34. The lowest BCUT2D eigenvalue weighted by Crippen LogP contribution is -2.46. The molecule has 0 amide bonds. The van der Waals surface area contributed by atoms with Crippen LogP contribution >= 0.6 is 0 Å². The van der Waals surface area contributed by atoms with Gasteiger partial charge < -0.3 is 9.47 Å². The van der Waals surface area contributed by atoms with E-state index in [0.29, 0.717) is 38.3 Å². The molecule has 0 spiro atoms. The predicted octanol–water partition coefficient (Wildman–Crippen LogP) is 1.07. The molecule has 0 radical (unpaired) electrons. The van der Waals surface area contributed by atoms with Crippen molar-refractivity contribution in [1.82, 2.24) is 15.0 Å². The Labute approximate surface area is 106 Å². The molecule has 0 aromatic carbocycles. The van der Waals surface area contributed by atoms with Crippen molar-refractivity contribution in [1.29, 1.82) is 0 Å². The minimum Gasteiger partial charge on any atom is -0.381 e. The molecule has 6 heteroatoms. The number of ketones is 1. The average molecular weight is 253 g/mol. The fraction of sp³-hybridized carbons (Fsp3) is 0.750. The predicted molar refractivity (Wildman–Crippen MR) is 64.4 cm³/mol. The molecule has 1 fully saturated rings. The number of rotatable bonds is 5. The zero-order valence-electron chi connectivity index (χ0n) is 10.9. The number of ether oxygens (including phenoxy) is 2. The van der Waals surface area contributed by atoms with Gasteiger partial charge in [-0.1, -0.05) is 12.1 Å². The molecule has 0 saturated carbocycles. The summed E-state index contributed by atoms with van der Waals surface area (Å²) in [5.74, 6) is -0.0354. The molecule has 1 aromatic heterocycles. The molecular weight excluding hydrogens is 234 g/mol. The summed E-state index contributed by atoms with van der Waals surface area (Å²) < 4.78 is 12.5. The number of hydrogen-bond acceptors (Lipinski definition) is 5. The van der Waals surface area contributed by atoms with Crippen LogP contribution in [0.3, 0.4) is 0 Å². The van der Waals surface area contributed by atoms with Crippen LogP contribution in [0, 0.1) is 0 Å². The summed E-state index contributed by atoms with van der Waals surface area (Å²) in [6, 6.07) is 0. The molecule has 18 heavy (non-hydrogen) atoms. The second-order valence-corrected chi connectivity index (χ2v) is 4.48. The van der Waals surface area contributed by atoms with E-state index >= 15 is 0 Å². The molecule has 0 aliphatic carbocycles. The number of Topliss-reactive ketones (excluding diaryl/α,β-unsaturated/α-hetero) is 1. The van der Waals surface area contributed by atoms with E-state index in [-0.39, 0.29) is 5.78 Å². The van der Waals surface area contributed by atoms with Gasteiger partial charge in [-0.05, 0) is 6.42 Å². The highest BCUT2D eigenvalue weighted by Crippen LogP contribution is 2.28. The molecule has 100 valence electrons. The van der Waals surface area contributed by atoms with Gasteiger partial charge in [-0.3, -0.25) is 4.79 Å². The maximum atomic E-state index is 12.6. The summed E-state index contributed by atoms with van der Waals surface area (Å²) >= 11 is 0. The quantitative estimate of drug-likeness (QED) is 0.734. The number of aromatic nitrogens is 3. The van der Waals surface area contributed by atoms with Crippen molar-refractivity contribution in [3.8, 4) is 0 Å². The third-order valence-corrected chi connectivity index (χ3v) is 3.39. The van der Waals surface area contributed by atoms with Crippen LogP contribution in [0.25, 0.3) is 0 Å². The molecule has 0 bridgehead atoms. The van der Waals surface area contributed by atoms with E-state index in [4.69, 9.17) is 9.47 Å². The Morgan fingerprint density at radius 1 is 1.56 bits per heavy atom. The van der Waals surface area contributed by atoms with Crippen LogP contribution in [-0.4, -0.2) is 46.7 Å². The van der Waals surface area contributed by atoms with Crippen molar-refractivity contribution in [3.63, 3.8) is 0 Å². The number of methoxy groups -OCH3 is 1. The van der Waals surface area contributed by atoms with E-state index in [1.165, 1.54) is 6.20 Å². The Morgan fingerprint density at radius 2 is 2.28 bits per heavy atom. The second kappa shape index (κ2) is 5.58. The van der Waals surface area contributed by atoms with E-state index < -0.39 is 5.60 Å². The highest BCUT2D eigenvalue weighted by molar-refractivity contribution is 6.01. The summed E-state index contributed by atoms with van der Waals surface area (Å²) in [5, 5.41) is 7.77. The van der Waals surface area contributed by atoms with Crippen molar-refractivity contribution >= 4 is 5.78 Å². The first-order chi connectivity index (χ1) is 8.73. The highest BCUT2D eigenvalue weighted by atomic mass is 16.5. The van der Waals surface area contributed by atoms with Gasteiger partial charge in [0.1, 0.15) is 11.3 Å². The van der Waals surface area contributed by atoms with E-state index in [1.807, 2.05) is 6.92 Å². The molecule has 0 unspecified atom stereocenters. The van der Waals surface area contributed by atoms with Crippen LogP contribution in [0.1, 0.15) is 36.7 Å². The van der Waals surface area contributed by atoms with E-state index in [1.54, 1.807) is 11.8 Å². The van der Waals surface area contributed by atoms with Gasteiger partial charge in [0.05, 0.1) is 6.20 Å². The van der Waals surface area contributed by atoms with Crippen LogP contribution in [-0.2, 0) is 16.0 Å². The number of nitrogens with zero attached hydrogens (tertiary/aromatic N) is 3. The van der Waals surface area contributed by atoms with Crippen LogP contribution in [0.2, 0.25) is 0 Å². The molecule has 1 saturated heterocycles. The average Bonchev–Trinajstić information content (AvgIpc) is 2.87. The van der Waals surface area contributed by atoms with Crippen LogP contribution < -0.4 is 0 Å². The van der Waals surface area contributed by atoms with Gasteiger partial charge in [-0.2, -0.15) is 0 Å². The van der Waals surface area contributed by atoms with Gasteiger partial charge in [0, 0.05) is 39.7 Å². The molecule has 2 heterocycles. The Kier molecular flexibility index (Phi) is 4.08. The normalized spacial score (nSPS) is 18.8. The SMILES string of the molecule is CCCn1nncc1C(=O)C1(OC)CCOCC1. The van der Waals surface area contributed by atoms with E-state index in [0.717, 1.165) is 6.42 Å². The molecule has 1 aromatic rings. The molecule has 1 aliphatic rings. The van der Waals surface area contributed by atoms with Crippen LogP contribution in [0.15, 0.2) is 6.20 Å². The van der Waals surface area contributed by atoms with Crippen LogP contribution in [0.4, 0.5) is 0 Å². The van der Waals surface area contributed by atoms with Crippen molar-refractivity contribution in [2.45, 2.75) is 38.3 Å². The van der Waals surface area contributed by atoms with E-state index in [2.05, 4.69) is 10.3 Å². The van der Waals surface area contributed by atoms with Gasteiger partial charge in [0.25, 0.3) is 0 Å². The van der Waals surface area contributed by atoms with E-state index in [9.17, 15) is 4.79 Å². The highest BCUT2D eigenvalue weighted by Gasteiger charge is 2.42.